The van der Waals surface area contributed by atoms with Crippen LogP contribution in [0, 0.1) is 5.92 Å². The lowest BCUT2D eigenvalue weighted by Crippen LogP contribution is -2.41. The molecule has 1 heterocycles. The van der Waals surface area contributed by atoms with Gasteiger partial charge in [-0.25, -0.2) is 4.79 Å². The Morgan fingerprint density at radius 2 is 1.97 bits per heavy atom. The van der Waals surface area contributed by atoms with E-state index in [0.717, 1.165) is 50.0 Å². The number of aromatic nitrogens is 1. The van der Waals surface area contributed by atoms with Crippen LogP contribution in [-0.2, 0) is 16.0 Å². The van der Waals surface area contributed by atoms with Gasteiger partial charge < -0.3 is 25.0 Å². The van der Waals surface area contributed by atoms with E-state index in [-0.39, 0.29) is 30.1 Å². The van der Waals surface area contributed by atoms with Gasteiger partial charge in [0.15, 0.2) is 5.96 Å². The second kappa shape index (κ2) is 15.3. The normalized spacial score (nSPS) is 13.8. The van der Waals surface area contributed by atoms with Crippen LogP contribution in [0.5, 0.6) is 0 Å². The second-order valence-corrected chi connectivity index (χ2v) is 8.91. The number of aliphatic imine (C=N–C) groups is 1. The van der Waals surface area contributed by atoms with Crippen LogP contribution < -0.4 is 10.6 Å². The van der Waals surface area contributed by atoms with Crippen molar-refractivity contribution >= 4 is 36.0 Å². The summed E-state index contributed by atoms with van der Waals surface area (Å²) in [6.45, 7) is 9.86. The molecular weight excluding hydrogens is 521 g/mol. The van der Waals surface area contributed by atoms with E-state index >= 15 is 0 Å². The molecule has 0 radical (unpaired) electrons. The average molecular weight is 562 g/mol. The molecule has 1 aromatic heterocycles. The minimum absolute atomic E-state index is 0. The van der Waals surface area contributed by atoms with E-state index < -0.39 is 5.60 Å². The fraction of sp³-hybridized carbons (Fsp3) is 0.696. The summed E-state index contributed by atoms with van der Waals surface area (Å²) in [5.74, 6) is 1.57. The predicted octanol–water partition coefficient (Wildman–Crippen LogP) is 3.81. The van der Waals surface area contributed by atoms with E-state index in [2.05, 4.69) is 20.6 Å². The molecule has 1 aromatic rings. The van der Waals surface area contributed by atoms with Crippen LogP contribution in [0.25, 0.3) is 0 Å². The second-order valence-electron chi connectivity index (χ2n) is 8.91. The van der Waals surface area contributed by atoms with Gasteiger partial charge in [-0.15, -0.1) is 24.0 Å². The fourth-order valence-electron chi connectivity index (χ4n) is 2.89. The van der Waals surface area contributed by atoms with Crippen molar-refractivity contribution in [2.45, 2.75) is 58.6 Å². The molecule has 0 saturated heterocycles. The van der Waals surface area contributed by atoms with Gasteiger partial charge in [0.05, 0.1) is 6.54 Å². The van der Waals surface area contributed by atoms with Gasteiger partial charge in [0.1, 0.15) is 5.60 Å². The minimum Gasteiger partial charge on any atom is -0.444 e. The van der Waals surface area contributed by atoms with Gasteiger partial charge in [-0.05, 0) is 64.0 Å². The summed E-state index contributed by atoms with van der Waals surface area (Å²) in [6.07, 6.45) is 7.55. The van der Waals surface area contributed by atoms with Crippen LogP contribution in [0.1, 0.15) is 52.0 Å². The van der Waals surface area contributed by atoms with E-state index in [9.17, 15) is 4.79 Å². The number of ether oxygens (including phenoxy) is 2. The smallest absolute Gasteiger partial charge is 0.410 e. The molecule has 0 spiro atoms. The largest absolute Gasteiger partial charge is 0.444 e. The number of rotatable bonds is 12. The summed E-state index contributed by atoms with van der Waals surface area (Å²) in [7, 11) is 1.76. The minimum atomic E-state index is -0.531. The number of carbonyl (C=O) groups excluding carboxylic acids is 1. The Hall–Kier alpha value is -1.62. The number of hydrogen-bond acceptors (Lipinski definition) is 5. The van der Waals surface area contributed by atoms with Gasteiger partial charge in [0, 0.05) is 52.3 Å². The number of hydrogen-bond donors (Lipinski definition) is 2. The summed E-state index contributed by atoms with van der Waals surface area (Å²) in [4.78, 5) is 22.7. The molecule has 1 aliphatic rings. The Morgan fingerprint density at radius 1 is 1.25 bits per heavy atom. The van der Waals surface area contributed by atoms with Gasteiger partial charge in [0.25, 0.3) is 0 Å². The van der Waals surface area contributed by atoms with Crippen LogP contribution in [0.4, 0.5) is 4.79 Å². The summed E-state index contributed by atoms with van der Waals surface area (Å²) < 4.78 is 11.2. The molecule has 0 atom stereocenters. The SMILES string of the molecule is CN=C(NCCCOCC1CC1)NCCCN(Cc1cccnc1)C(=O)OC(C)(C)C.I. The highest BCUT2D eigenvalue weighted by molar-refractivity contribution is 14.0. The van der Waals surface area contributed by atoms with Crippen molar-refractivity contribution in [3.63, 3.8) is 0 Å². The zero-order chi connectivity index (χ0) is 22.5. The quantitative estimate of drug-likeness (QED) is 0.175. The zero-order valence-electron chi connectivity index (χ0n) is 19.9. The summed E-state index contributed by atoms with van der Waals surface area (Å²) in [5.41, 5.74) is 0.444. The number of pyridine rings is 1. The third-order valence-corrected chi connectivity index (χ3v) is 4.68. The number of guanidine groups is 1. The lowest BCUT2D eigenvalue weighted by molar-refractivity contribution is 0.0232. The van der Waals surface area contributed by atoms with Crippen molar-refractivity contribution < 1.29 is 14.3 Å². The number of carbonyl (C=O) groups is 1. The standard InChI is InChI=1S/C23H39N5O3.HI/c1-23(2,3)31-22(29)28(17-20-8-5-11-25-16-20)14-6-12-26-21(24-4)27-13-7-15-30-18-19-9-10-19;/h5,8,11,16,19H,6-7,9-10,12-15,17-18H2,1-4H3,(H2,24,26,27);1H. The van der Waals surface area contributed by atoms with Crippen molar-refractivity contribution in [2.24, 2.45) is 10.9 Å². The molecule has 2 rings (SSSR count). The average Bonchev–Trinajstić information content (AvgIpc) is 3.55. The zero-order valence-corrected chi connectivity index (χ0v) is 22.3. The molecule has 9 heteroatoms. The highest BCUT2D eigenvalue weighted by Crippen LogP contribution is 2.28. The first kappa shape index (κ1) is 28.4. The fourth-order valence-corrected chi connectivity index (χ4v) is 2.89. The topological polar surface area (TPSA) is 88.1 Å². The van der Waals surface area contributed by atoms with Crippen molar-refractivity contribution in [2.75, 3.05) is 39.9 Å². The molecule has 32 heavy (non-hydrogen) atoms. The Morgan fingerprint density at radius 3 is 2.56 bits per heavy atom. The van der Waals surface area contributed by atoms with Crippen LogP contribution in [-0.4, -0.2) is 67.4 Å². The number of halogens is 1. The molecule has 182 valence electrons. The van der Waals surface area contributed by atoms with Crippen LogP contribution in [0.15, 0.2) is 29.5 Å². The molecule has 0 bridgehead atoms. The van der Waals surface area contributed by atoms with Crippen LogP contribution in [0.2, 0.25) is 0 Å². The molecule has 1 aliphatic carbocycles. The summed E-state index contributed by atoms with van der Waals surface area (Å²) in [5, 5.41) is 6.60. The first-order valence-electron chi connectivity index (χ1n) is 11.3. The highest BCUT2D eigenvalue weighted by Gasteiger charge is 2.22. The number of amides is 1. The van der Waals surface area contributed by atoms with E-state index in [1.807, 2.05) is 32.9 Å². The molecular formula is C23H40IN5O3. The van der Waals surface area contributed by atoms with Crippen molar-refractivity contribution in [3.8, 4) is 0 Å². The molecule has 8 nitrogen and oxygen atoms in total. The maximum atomic E-state index is 12.6. The Kier molecular flexibility index (Phi) is 13.5. The predicted molar refractivity (Wildman–Crippen MR) is 138 cm³/mol. The third-order valence-electron chi connectivity index (χ3n) is 4.68. The van der Waals surface area contributed by atoms with Gasteiger partial charge in [-0.2, -0.15) is 0 Å². The van der Waals surface area contributed by atoms with E-state index in [0.29, 0.717) is 19.6 Å². The number of nitrogens with one attached hydrogen (secondary N) is 2. The van der Waals surface area contributed by atoms with Gasteiger partial charge in [-0.3, -0.25) is 9.98 Å². The van der Waals surface area contributed by atoms with Crippen molar-refractivity contribution in [1.29, 1.82) is 0 Å². The van der Waals surface area contributed by atoms with E-state index in [4.69, 9.17) is 9.47 Å². The van der Waals surface area contributed by atoms with Crippen LogP contribution >= 0.6 is 24.0 Å². The lowest BCUT2D eigenvalue weighted by Gasteiger charge is -2.27. The first-order chi connectivity index (χ1) is 14.9. The van der Waals surface area contributed by atoms with Crippen LogP contribution in [0.3, 0.4) is 0 Å². The summed E-state index contributed by atoms with van der Waals surface area (Å²) in [6, 6.07) is 3.83. The third kappa shape index (κ3) is 13.0. The first-order valence-corrected chi connectivity index (χ1v) is 11.3. The summed E-state index contributed by atoms with van der Waals surface area (Å²) >= 11 is 0. The molecule has 1 fully saturated rings. The molecule has 0 aliphatic heterocycles. The molecule has 0 aromatic carbocycles. The molecule has 1 saturated carbocycles. The van der Waals surface area contributed by atoms with E-state index in [1.54, 1.807) is 24.3 Å². The highest BCUT2D eigenvalue weighted by atomic mass is 127. The van der Waals surface area contributed by atoms with Gasteiger partial charge in [-0.1, -0.05) is 6.07 Å². The van der Waals surface area contributed by atoms with Gasteiger partial charge >= 0.3 is 6.09 Å². The number of nitrogens with zero attached hydrogens (tertiary/aromatic N) is 3. The molecule has 0 unspecified atom stereocenters. The maximum Gasteiger partial charge on any atom is 0.410 e. The lowest BCUT2D eigenvalue weighted by atomic mass is 10.2. The van der Waals surface area contributed by atoms with Gasteiger partial charge in [0.2, 0.25) is 0 Å². The van der Waals surface area contributed by atoms with Crippen molar-refractivity contribution in [1.82, 2.24) is 20.5 Å². The Bertz CT molecular complexity index is 678. The van der Waals surface area contributed by atoms with Crippen molar-refractivity contribution in [3.05, 3.63) is 30.1 Å². The molecule has 1 amide bonds. The monoisotopic (exact) mass is 561 g/mol. The Labute approximate surface area is 210 Å². The molecule has 2 N–H and O–H groups in total. The maximum absolute atomic E-state index is 12.6. The van der Waals surface area contributed by atoms with E-state index in [1.165, 1.54) is 12.8 Å². The Balaban J connectivity index is 0.00000512.